The fourth-order valence-corrected chi connectivity index (χ4v) is 2.31. The molecule has 0 fully saturated rings. The predicted octanol–water partition coefficient (Wildman–Crippen LogP) is 3.18. The van der Waals surface area contributed by atoms with Crippen LogP contribution in [0.3, 0.4) is 0 Å². The lowest BCUT2D eigenvalue weighted by atomic mass is 10.1. The highest BCUT2D eigenvalue weighted by molar-refractivity contribution is 8.00. The second-order valence-corrected chi connectivity index (χ2v) is 5.96. The number of hydrogen-bond donors (Lipinski definition) is 2. The van der Waals surface area contributed by atoms with Gasteiger partial charge >= 0.3 is 0 Å². The third-order valence-corrected chi connectivity index (χ3v) is 3.71. The van der Waals surface area contributed by atoms with Gasteiger partial charge in [-0.1, -0.05) is 25.4 Å². The van der Waals surface area contributed by atoms with E-state index in [1.807, 2.05) is 6.07 Å². The molecule has 3 N–H and O–H groups in total. The summed E-state index contributed by atoms with van der Waals surface area (Å²) in [6.45, 7) is 5.01. The van der Waals surface area contributed by atoms with E-state index in [2.05, 4.69) is 19.2 Å². The summed E-state index contributed by atoms with van der Waals surface area (Å²) in [6.07, 6.45) is 1.00. The first-order valence-corrected chi connectivity index (χ1v) is 7.30. The molecular weight excluding hydrogens is 268 g/mol. The zero-order valence-corrected chi connectivity index (χ0v) is 12.3. The second kappa shape index (κ2) is 7.54. The number of benzene rings is 1. The molecule has 0 aliphatic rings. The third kappa shape index (κ3) is 5.65. The van der Waals surface area contributed by atoms with Crippen molar-refractivity contribution in [3.8, 4) is 0 Å². The van der Waals surface area contributed by atoms with Gasteiger partial charge in [0.1, 0.15) is 0 Å². The fourth-order valence-electron chi connectivity index (χ4n) is 1.30. The quantitative estimate of drug-likeness (QED) is 0.624. The normalized spacial score (nSPS) is 10.7. The highest BCUT2D eigenvalue weighted by Gasteiger charge is 2.04. The van der Waals surface area contributed by atoms with Gasteiger partial charge < -0.3 is 11.1 Å². The Kier molecular flexibility index (Phi) is 6.36. The van der Waals surface area contributed by atoms with E-state index in [0.717, 1.165) is 17.9 Å². The summed E-state index contributed by atoms with van der Waals surface area (Å²) in [5.41, 5.74) is 6.18. The molecular formula is C13H19ClN2OS. The van der Waals surface area contributed by atoms with E-state index in [-0.39, 0.29) is 5.91 Å². The highest BCUT2D eigenvalue weighted by Crippen LogP contribution is 2.26. The first-order valence-electron chi connectivity index (χ1n) is 5.93. The largest absolute Gasteiger partial charge is 0.398 e. The average molecular weight is 287 g/mol. The van der Waals surface area contributed by atoms with Crippen LogP contribution in [-0.2, 0) is 4.79 Å². The third-order valence-electron chi connectivity index (χ3n) is 2.39. The van der Waals surface area contributed by atoms with Crippen molar-refractivity contribution in [2.45, 2.75) is 25.2 Å². The van der Waals surface area contributed by atoms with Gasteiger partial charge in [0.2, 0.25) is 5.91 Å². The van der Waals surface area contributed by atoms with Crippen LogP contribution < -0.4 is 11.1 Å². The summed E-state index contributed by atoms with van der Waals surface area (Å²) in [7, 11) is 0. The van der Waals surface area contributed by atoms with Crippen LogP contribution in [0.1, 0.15) is 20.3 Å². The van der Waals surface area contributed by atoms with Crippen molar-refractivity contribution in [2.75, 3.05) is 18.0 Å². The molecule has 0 saturated heterocycles. The topological polar surface area (TPSA) is 55.1 Å². The molecule has 18 heavy (non-hydrogen) atoms. The highest BCUT2D eigenvalue weighted by atomic mass is 35.5. The number of anilines is 1. The van der Waals surface area contributed by atoms with Crippen LogP contribution in [0.5, 0.6) is 0 Å². The Morgan fingerprint density at radius 2 is 2.22 bits per heavy atom. The average Bonchev–Trinajstić information content (AvgIpc) is 2.30. The van der Waals surface area contributed by atoms with E-state index in [1.165, 1.54) is 11.8 Å². The summed E-state index contributed by atoms with van der Waals surface area (Å²) in [4.78, 5) is 12.5. The van der Waals surface area contributed by atoms with Crippen LogP contribution in [0.2, 0.25) is 5.02 Å². The molecule has 0 atom stereocenters. The minimum absolute atomic E-state index is 0.0496. The molecule has 0 bridgehead atoms. The lowest BCUT2D eigenvalue weighted by molar-refractivity contribution is -0.118. The molecule has 1 amide bonds. The Labute approximate surface area is 117 Å². The number of carbonyl (C=O) groups excluding carboxylic acids is 1. The van der Waals surface area contributed by atoms with E-state index in [4.69, 9.17) is 17.3 Å². The number of amides is 1. The summed E-state index contributed by atoms with van der Waals surface area (Å²) in [5.74, 6) is 1.06. The molecule has 1 rings (SSSR count). The number of nitrogen functional groups attached to an aromatic ring is 1. The van der Waals surface area contributed by atoms with Crippen molar-refractivity contribution in [3.05, 3.63) is 23.2 Å². The standard InChI is InChI=1S/C13H19ClN2OS/c1-9(2)5-6-16-13(17)8-18-10-3-4-12(15)11(14)7-10/h3-4,7,9H,5-6,8,15H2,1-2H3,(H,16,17). The first-order chi connectivity index (χ1) is 8.49. The van der Waals surface area contributed by atoms with Crippen LogP contribution in [0.4, 0.5) is 5.69 Å². The molecule has 3 nitrogen and oxygen atoms in total. The van der Waals surface area contributed by atoms with E-state index < -0.39 is 0 Å². The molecule has 5 heteroatoms. The molecule has 0 aromatic heterocycles. The Morgan fingerprint density at radius 1 is 1.50 bits per heavy atom. The van der Waals surface area contributed by atoms with Crippen molar-refractivity contribution >= 4 is 35.0 Å². The van der Waals surface area contributed by atoms with Crippen molar-refractivity contribution in [3.63, 3.8) is 0 Å². The van der Waals surface area contributed by atoms with Crippen molar-refractivity contribution in [1.29, 1.82) is 0 Å². The first kappa shape index (κ1) is 15.2. The van der Waals surface area contributed by atoms with Gasteiger partial charge in [-0.05, 0) is 30.5 Å². The minimum Gasteiger partial charge on any atom is -0.398 e. The molecule has 0 radical (unpaired) electrons. The van der Waals surface area contributed by atoms with Crippen molar-refractivity contribution < 1.29 is 4.79 Å². The monoisotopic (exact) mass is 286 g/mol. The van der Waals surface area contributed by atoms with Gasteiger partial charge in [-0.15, -0.1) is 11.8 Å². The summed E-state index contributed by atoms with van der Waals surface area (Å²) in [5, 5.41) is 3.42. The summed E-state index contributed by atoms with van der Waals surface area (Å²) in [6, 6.07) is 5.40. The molecule has 0 heterocycles. The number of thioether (sulfide) groups is 1. The maximum Gasteiger partial charge on any atom is 0.230 e. The van der Waals surface area contributed by atoms with Crippen LogP contribution >= 0.6 is 23.4 Å². The van der Waals surface area contributed by atoms with Gasteiger partial charge in [-0.25, -0.2) is 0 Å². The second-order valence-electron chi connectivity index (χ2n) is 4.50. The van der Waals surface area contributed by atoms with E-state index >= 15 is 0 Å². The Bertz CT molecular complexity index is 410. The number of nitrogens with two attached hydrogens (primary N) is 1. The molecule has 100 valence electrons. The van der Waals surface area contributed by atoms with Crippen molar-refractivity contribution in [1.82, 2.24) is 5.32 Å². The number of halogens is 1. The van der Waals surface area contributed by atoms with Gasteiger partial charge in [0.15, 0.2) is 0 Å². The Morgan fingerprint density at radius 3 is 2.83 bits per heavy atom. The van der Waals surface area contributed by atoms with Gasteiger partial charge in [-0.3, -0.25) is 4.79 Å². The van der Waals surface area contributed by atoms with Gasteiger partial charge in [0.05, 0.1) is 16.5 Å². The maximum atomic E-state index is 11.6. The zero-order valence-electron chi connectivity index (χ0n) is 10.7. The SMILES string of the molecule is CC(C)CCNC(=O)CSc1ccc(N)c(Cl)c1. The molecule has 0 aliphatic carbocycles. The van der Waals surface area contributed by atoms with Gasteiger partial charge in [-0.2, -0.15) is 0 Å². The predicted molar refractivity (Wildman–Crippen MR) is 79.1 cm³/mol. The lowest BCUT2D eigenvalue weighted by Gasteiger charge is -2.07. The summed E-state index contributed by atoms with van der Waals surface area (Å²) >= 11 is 7.37. The number of hydrogen-bond acceptors (Lipinski definition) is 3. The van der Waals surface area contributed by atoms with Gasteiger partial charge in [0.25, 0.3) is 0 Å². The Balaban J connectivity index is 2.31. The summed E-state index contributed by atoms with van der Waals surface area (Å²) < 4.78 is 0. The smallest absolute Gasteiger partial charge is 0.230 e. The maximum absolute atomic E-state index is 11.6. The van der Waals surface area contributed by atoms with Crippen LogP contribution in [-0.4, -0.2) is 18.2 Å². The molecule has 1 aromatic rings. The van der Waals surface area contributed by atoms with Crippen LogP contribution in [0, 0.1) is 5.92 Å². The number of carbonyl (C=O) groups is 1. The molecule has 0 saturated carbocycles. The van der Waals surface area contributed by atoms with E-state index in [1.54, 1.807) is 12.1 Å². The van der Waals surface area contributed by atoms with Crippen LogP contribution in [0.25, 0.3) is 0 Å². The van der Waals surface area contributed by atoms with E-state index in [0.29, 0.717) is 22.4 Å². The molecule has 0 unspecified atom stereocenters. The van der Waals surface area contributed by atoms with Crippen LogP contribution in [0.15, 0.2) is 23.1 Å². The molecule has 0 spiro atoms. The Hall–Kier alpha value is -0.870. The fraction of sp³-hybridized carbons (Fsp3) is 0.462. The minimum atomic E-state index is 0.0496. The zero-order chi connectivity index (χ0) is 13.5. The lowest BCUT2D eigenvalue weighted by Crippen LogP contribution is -2.26. The van der Waals surface area contributed by atoms with Gasteiger partial charge in [0, 0.05) is 11.4 Å². The van der Waals surface area contributed by atoms with E-state index in [9.17, 15) is 4.79 Å². The van der Waals surface area contributed by atoms with Crippen molar-refractivity contribution in [2.24, 2.45) is 5.92 Å². The molecule has 0 aliphatic heterocycles. The number of rotatable bonds is 6. The molecule has 1 aromatic carbocycles. The number of nitrogens with one attached hydrogen (secondary N) is 1.